The minimum atomic E-state index is -0.126. The molecule has 0 saturated heterocycles. The van der Waals surface area contributed by atoms with Crippen molar-refractivity contribution in [1.29, 1.82) is 0 Å². The molecule has 4 saturated carbocycles. The van der Waals surface area contributed by atoms with Crippen LogP contribution in [0, 0.1) is 50.2 Å². The normalized spacial score (nSPS) is 50.0. The molecule has 5 aliphatic carbocycles. The van der Waals surface area contributed by atoms with Crippen molar-refractivity contribution < 1.29 is 14.6 Å². The standard InChI is InChI=1S/C32H52O3/c1-21(34)35-26-12-13-29(6)24(28(26,4)5)11-14-31(8)25(29)10-9-22-23-19-27(2,3)15-17-32(23,20-33)18-16-30(22,31)7/h19,22,24-26,33H,9-18,20H2,1-8H3/t22-,24-,25+,26+,29+,30-,31-,32-/m1/s1. The van der Waals surface area contributed by atoms with Crippen LogP contribution in [0.15, 0.2) is 11.6 Å². The van der Waals surface area contributed by atoms with E-state index >= 15 is 0 Å². The largest absolute Gasteiger partial charge is 0.462 e. The number of allylic oxidation sites excluding steroid dienone is 1. The summed E-state index contributed by atoms with van der Waals surface area (Å²) in [4.78, 5) is 11.9. The van der Waals surface area contributed by atoms with E-state index in [1.54, 1.807) is 12.5 Å². The molecule has 0 bridgehead atoms. The maximum Gasteiger partial charge on any atom is 0.302 e. The fourth-order valence-electron chi connectivity index (χ4n) is 11.1. The van der Waals surface area contributed by atoms with Crippen molar-refractivity contribution in [2.45, 2.75) is 126 Å². The SMILES string of the molecule is CC(=O)O[C@H]1CC[C@@]2(C)[C@H](CC[C@]3(C)[C@H]2CC[C@@H]2C4=CC(C)(C)CC[C@]4(CO)CC[C@]23C)C1(C)C. The van der Waals surface area contributed by atoms with Gasteiger partial charge in [0.05, 0.1) is 6.61 Å². The van der Waals surface area contributed by atoms with Crippen molar-refractivity contribution in [1.82, 2.24) is 0 Å². The fraction of sp³-hybridized carbons (Fsp3) is 0.906. The number of aliphatic hydroxyl groups excluding tert-OH is 1. The molecule has 8 atom stereocenters. The molecule has 35 heavy (non-hydrogen) atoms. The van der Waals surface area contributed by atoms with Gasteiger partial charge in [-0.3, -0.25) is 4.79 Å². The molecule has 0 unspecified atom stereocenters. The van der Waals surface area contributed by atoms with Gasteiger partial charge in [0.2, 0.25) is 0 Å². The second-order valence-corrected chi connectivity index (χ2v) is 15.6. The summed E-state index contributed by atoms with van der Waals surface area (Å²) in [6.45, 7) is 19.4. The lowest BCUT2D eigenvalue weighted by Gasteiger charge is -2.72. The van der Waals surface area contributed by atoms with Gasteiger partial charge in [0.25, 0.3) is 0 Å². The molecule has 0 aromatic carbocycles. The van der Waals surface area contributed by atoms with Crippen LogP contribution in [0.3, 0.4) is 0 Å². The molecule has 198 valence electrons. The first-order valence-electron chi connectivity index (χ1n) is 14.7. The highest BCUT2D eigenvalue weighted by Crippen LogP contribution is 2.76. The number of hydrogen-bond acceptors (Lipinski definition) is 3. The Morgan fingerprint density at radius 2 is 1.54 bits per heavy atom. The Balaban J connectivity index is 1.52. The maximum absolute atomic E-state index is 11.9. The molecule has 0 aliphatic heterocycles. The van der Waals surface area contributed by atoms with E-state index in [0.29, 0.717) is 40.6 Å². The summed E-state index contributed by atoms with van der Waals surface area (Å²) in [6.07, 6.45) is 14.7. The zero-order chi connectivity index (χ0) is 25.7. The smallest absolute Gasteiger partial charge is 0.302 e. The number of ether oxygens (including phenoxy) is 1. The van der Waals surface area contributed by atoms with Crippen molar-refractivity contribution >= 4 is 5.97 Å². The highest BCUT2D eigenvalue weighted by atomic mass is 16.5. The summed E-state index contributed by atoms with van der Waals surface area (Å²) in [6, 6.07) is 0. The van der Waals surface area contributed by atoms with Gasteiger partial charge in [-0.15, -0.1) is 0 Å². The van der Waals surface area contributed by atoms with Crippen LogP contribution in [0.5, 0.6) is 0 Å². The lowest BCUT2D eigenvalue weighted by atomic mass is 9.32. The van der Waals surface area contributed by atoms with E-state index in [0.717, 1.165) is 19.3 Å². The average molecular weight is 485 g/mol. The minimum absolute atomic E-state index is 0.0201. The Labute approximate surface area is 214 Å². The second-order valence-electron chi connectivity index (χ2n) is 15.6. The Kier molecular flexibility index (Phi) is 5.78. The van der Waals surface area contributed by atoms with Crippen molar-refractivity contribution in [2.75, 3.05) is 6.61 Å². The van der Waals surface area contributed by atoms with E-state index in [-0.39, 0.29) is 28.3 Å². The molecule has 5 aliphatic rings. The predicted molar refractivity (Wildman–Crippen MR) is 142 cm³/mol. The molecule has 0 radical (unpaired) electrons. The van der Waals surface area contributed by atoms with Gasteiger partial charge < -0.3 is 9.84 Å². The van der Waals surface area contributed by atoms with E-state index < -0.39 is 0 Å². The zero-order valence-corrected chi connectivity index (χ0v) is 23.9. The predicted octanol–water partition coefficient (Wildman–Crippen LogP) is 7.71. The summed E-state index contributed by atoms with van der Waals surface area (Å²) >= 11 is 0. The number of rotatable bonds is 2. The molecule has 0 aromatic heterocycles. The van der Waals surface area contributed by atoms with Gasteiger partial charge in [-0.05, 0) is 104 Å². The summed E-state index contributed by atoms with van der Waals surface area (Å²) in [5.74, 6) is 1.79. The first-order chi connectivity index (χ1) is 16.2. The summed E-state index contributed by atoms with van der Waals surface area (Å²) in [7, 11) is 0. The van der Waals surface area contributed by atoms with Crippen LogP contribution in [0.2, 0.25) is 0 Å². The Morgan fingerprint density at radius 1 is 0.857 bits per heavy atom. The molecule has 0 amide bonds. The monoisotopic (exact) mass is 484 g/mol. The van der Waals surface area contributed by atoms with Gasteiger partial charge in [-0.25, -0.2) is 0 Å². The van der Waals surface area contributed by atoms with Gasteiger partial charge in [-0.2, -0.15) is 0 Å². The molecule has 0 spiro atoms. The quantitative estimate of drug-likeness (QED) is 0.322. The van der Waals surface area contributed by atoms with Crippen LogP contribution >= 0.6 is 0 Å². The lowest BCUT2D eigenvalue weighted by Crippen LogP contribution is -2.66. The summed E-state index contributed by atoms with van der Waals surface area (Å²) in [5.41, 5.74) is 2.84. The number of aliphatic hydroxyl groups is 1. The third-order valence-electron chi connectivity index (χ3n) is 13.3. The molecule has 4 fully saturated rings. The molecular formula is C32H52O3. The summed E-state index contributed by atoms with van der Waals surface area (Å²) < 4.78 is 5.90. The third kappa shape index (κ3) is 3.41. The van der Waals surface area contributed by atoms with Crippen LogP contribution in [0.25, 0.3) is 0 Å². The van der Waals surface area contributed by atoms with Gasteiger partial charge in [-0.1, -0.05) is 60.1 Å². The van der Waals surface area contributed by atoms with Crippen LogP contribution in [0.1, 0.15) is 120 Å². The molecule has 1 N–H and O–H groups in total. The topological polar surface area (TPSA) is 46.5 Å². The van der Waals surface area contributed by atoms with E-state index in [2.05, 4.69) is 54.5 Å². The van der Waals surface area contributed by atoms with Crippen molar-refractivity contribution in [3.63, 3.8) is 0 Å². The number of esters is 1. The first kappa shape index (κ1) is 25.8. The van der Waals surface area contributed by atoms with Crippen molar-refractivity contribution in [3.8, 4) is 0 Å². The molecule has 3 nitrogen and oxygen atoms in total. The van der Waals surface area contributed by atoms with Crippen molar-refractivity contribution in [2.24, 2.45) is 50.2 Å². The maximum atomic E-state index is 11.9. The zero-order valence-electron chi connectivity index (χ0n) is 23.9. The van der Waals surface area contributed by atoms with Gasteiger partial charge in [0.15, 0.2) is 0 Å². The Morgan fingerprint density at radius 3 is 2.20 bits per heavy atom. The van der Waals surface area contributed by atoms with Crippen LogP contribution in [-0.2, 0) is 9.53 Å². The fourth-order valence-corrected chi connectivity index (χ4v) is 11.1. The number of hydrogen-bond donors (Lipinski definition) is 1. The van der Waals surface area contributed by atoms with Gasteiger partial charge in [0, 0.05) is 17.8 Å². The molecular weight excluding hydrogens is 432 g/mol. The first-order valence-corrected chi connectivity index (χ1v) is 14.7. The van der Waals surface area contributed by atoms with Gasteiger partial charge in [0.1, 0.15) is 6.10 Å². The molecule has 0 aromatic rings. The number of carbonyl (C=O) groups is 1. The second kappa shape index (κ2) is 7.84. The van der Waals surface area contributed by atoms with Crippen LogP contribution < -0.4 is 0 Å². The van der Waals surface area contributed by atoms with Gasteiger partial charge >= 0.3 is 5.97 Å². The minimum Gasteiger partial charge on any atom is -0.462 e. The van der Waals surface area contributed by atoms with E-state index in [9.17, 15) is 9.90 Å². The van der Waals surface area contributed by atoms with Crippen molar-refractivity contribution in [3.05, 3.63) is 11.6 Å². The Bertz CT molecular complexity index is 916. The lowest BCUT2D eigenvalue weighted by molar-refractivity contribution is -0.234. The number of fused-ring (bicyclic) bond motifs is 7. The summed E-state index contributed by atoms with van der Waals surface area (Å²) in [5, 5.41) is 10.7. The molecule has 3 heteroatoms. The average Bonchev–Trinajstić information content (AvgIpc) is 2.76. The Hall–Kier alpha value is -0.830. The number of carbonyl (C=O) groups excluding carboxylic acids is 1. The third-order valence-corrected chi connectivity index (χ3v) is 13.3. The van der Waals surface area contributed by atoms with Crippen LogP contribution in [-0.4, -0.2) is 23.8 Å². The highest BCUT2D eigenvalue weighted by molar-refractivity contribution is 5.66. The molecule has 5 rings (SSSR count). The molecule has 0 heterocycles. The van der Waals surface area contributed by atoms with E-state index in [1.807, 2.05) is 0 Å². The van der Waals surface area contributed by atoms with Crippen LogP contribution in [0.4, 0.5) is 0 Å². The highest BCUT2D eigenvalue weighted by Gasteiger charge is 2.69. The van der Waals surface area contributed by atoms with E-state index in [1.165, 1.54) is 44.9 Å². The van der Waals surface area contributed by atoms with E-state index in [4.69, 9.17) is 4.74 Å².